The van der Waals surface area contributed by atoms with Gasteiger partial charge < -0.3 is 10.0 Å². The highest BCUT2D eigenvalue weighted by molar-refractivity contribution is 9.10. The first-order chi connectivity index (χ1) is 8.45. The summed E-state index contributed by atoms with van der Waals surface area (Å²) in [5.41, 5.74) is 0.734. The summed E-state index contributed by atoms with van der Waals surface area (Å²) in [7, 11) is 1.76. The molecule has 0 spiro atoms. The first-order valence-electron chi connectivity index (χ1n) is 6.15. The van der Waals surface area contributed by atoms with Crippen LogP contribution in [0, 0.1) is 0 Å². The van der Waals surface area contributed by atoms with E-state index in [-0.39, 0.29) is 11.3 Å². The van der Waals surface area contributed by atoms with Crippen LogP contribution in [0.3, 0.4) is 0 Å². The summed E-state index contributed by atoms with van der Waals surface area (Å²) in [5, 5.41) is 9.36. The highest BCUT2D eigenvalue weighted by Gasteiger charge is 2.52. The third kappa shape index (κ3) is 2.59. The normalized spacial score (nSPS) is 18.2. The lowest BCUT2D eigenvalue weighted by molar-refractivity contribution is -0.133. The fourth-order valence-electron chi connectivity index (χ4n) is 2.36. The van der Waals surface area contributed by atoms with Gasteiger partial charge in [-0.25, -0.2) is 0 Å². The summed E-state index contributed by atoms with van der Waals surface area (Å²) in [4.78, 5) is 14.1. The van der Waals surface area contributed by atoms with Crippen molar-refractivity contribution in [3.05, 3.63) is 34.3 Å². The molecule has 1 aliphatic rings. The Morgan fingerprint density at radius 3 is 2.44 bits per heavy atom. The van der Waals surface area contributed by atoms with Gasteiger partial charge in [-0.1, -0.05) is 28.1 Å². The first kappa shape index (κ1) is 13.6. The molecule has 1 fully saturated rings. The maximum atomic E-state index is 12.5. The van der Waals surface area contributed by atoms with Crippen molar-refractivity contribution < 1.29 is 9.90 Å². The van der Waals surface area contributed by atoms with Gasteiger partial charge in [0.2, 0.25) is 5.91 Å². The molecule has 98 valence electrons. The smallest absolute Gasteiger partial charge is 0.233 e. The molecule has 1 unspecified atom stereocenters. The third-order valence-electron chi connectivity index (χ3n) is 3.44. The van der Waals surface area contributed by atoms with E-state index >= 15 is 0 Å². The lowest BCUT2D eigenvalue weighted by Gasteiger charge is -2.25. The number of nitrogens with zero attached hydrogens (tertiary/aromatic N) is 1. The molecule has 1 aliphatic carbocycles. The first-order valence-corrected chi connectivity index (χ1v) is 6.95. The minimum Gasteiger partial charge on any atom is -0.392 e. The molecule has 1 aromatic carbocycles. The number of amides is 1. The van der Waals surface area contributed by atoms with Crippen LogP contribution in [0.25, 0.3) is 0 Å². The minimum absolute atomic E-state index is 0.116. The number of benzene rings is 1. The number of carbonyl (C=O) groups is 1. The summed E-state index contributed by atoms with van der Waals surface area (Å²) in [6, 6.07) is 7.95. The van der Waals surface area contributed by atoms with Crippen molar-refractivity contribution in [1.29, 1.82) is 0 Å². The van der Waals surface area contributed by atoms with Crippen molar-refractivity contribution >= 4 is 21.8 Å². The van der Waals surface area contributed by atoms with E-state index in [4.69, 9.17) is 0 Å². The van der Waals surface area contributed by atoms with Gasteiger partial charge in [0.1, 0.15) is 0 Å². The molecule has 0 heterocycles. The van der Waals surface area contributed by atoms with Gasteiger partial charge in [0.15, 0.2) is 0 Å². The Labute approximate surface area is 116 Å². The molecule has 0 aliphatic heterocycles. The zero-order chi connectivity index (χ0) is 13.3. The summed E-state index contributed by atoms with van der Waals surface area (Å²) in [6.45, 7) is 2.08. The molecule has 18 heavy (non-hydrogen) atoms. The van der Waals surface area contributed by atoms with Gasteiger partial charge in [-0.2, -0.15) is 0 Å². The SMILES string of the molecule is CC(O)CN(C)C(=O)C1(c2ccc(Br)cc2)CC1. The van der Waals surface area contributed by atoms with Gasteiger partial charge in [-0.15, -0.1) is 0 Å². The van der Waals surface area contributed by atoms with Crippen LogP contribution < -0.4 is 0 Å². The highest BCUT2D eigenvalue weighted by Crippen LogP contribution is 2.49. The molecule has 1 atom stereocenters. The average molecular weight is 312 g/mol. The molecule has 4 heteroatoms. The largest absolute Gasteiger partial charge is 0.392 e. The monoisotopic (exact) mass is 311 g/mol. The van der Waals surface area contributed by atoms with Gasteiger partial charge in [0.25, 0.3) is 0 Å². The van der Waals surface area contributed by atoms with Crippen LogP contribution in [0.2, 0.25) is 0 Å². The molecule has 0 bridgehead atoms. The van der Waals surface area contributed by atoms with Gasteiger partial charge >= 0.3 is 0 Å². The van der Waals surface area contributed by atoms with Crippen LogP contribution >= 0.6 is 15.9 Å². The molecule has 1 N–H and O–H groups in total. The molecule has 0 saturated heterocycles. The number of carbonyl (C=O) groups excluding carboxylic acids is 1. The van der Waals surface area contributed by atoms with Crippen molar-refractivity contribution in [3.63, 3.8) is 0 Å². The number of hydrogen-bond acceptors (Lipinski definition) is 2. The second kappa shape index (κ2) is 5.02. The van der Waals surface area contributed by atoms with E-state index in [1.54, 1.807) is 18.9 Å². The van der Waals surface area contributed by atoms with Crippen LogP contribution in [-0.2, 0) is 10.2 Å². The van der Waals surface area contributed by atoms with E-state index in [0.717, 1.165) is 22.9 Å². The predicted octanol–water partition coefficient (Wildman–Crippen LogP) is 2.32. The van der Waals surface area contributed by atoms with E-state index in [1.807, 2.05) is 24.3 Å². The molecule has 1 saturated carbocycles. The van der Waals surface area contributed by atoms with Crippen molar-refractivity contribution in [3.8, 4) is 0 Å². The highest BCUT2D eigenvalue weighted by atomic mass is 79.9. The molecule has 3 nitrogen and oxygen atoms in total. The summed E-state index contributed by atoms with van der Waals surface area (Å²) in [6.07, 6.45) is 1.31. The molecule has 2 rings (SSSR count). The predicted molar refractivity (Wildman–Crippen MR) is 74.4 cm³/mol. The Morgan fingerprint density at radius 2 is 2.00 bits per heavy atom. The second-order valence-electron chi connectivity index (χ2n) is 5.12. The average Bonchev–Trinajstić information content (AvgIpc) is 3.09. The topological polar surface area (TPSA) is 40.5 Å². The maximum Gasteiger partial charge on any atom is 0.233 e. The zero-order valence-electron chi connectivity index (χ0n) is 10.7. The Kier molecular flexibility index (Phi) is 3.78. The number of aliphatic hydroxyl groups is 1. The van der Waals surface area contributed by atoms with Gasteiger partial charge in [0.05, 0.1) is 11.5 Å². The van der Waals surface area contributed by atoms with E-state index < -0.39 is 6.10 Å². The summed E-state index contributed by atoms with van der Waals surface area (Å²) >= 11 is 3.40. The van der Waals surface area contributed by atoms with Crippen molar-refractivity contribution in [2.24, 2.45) is 0 Å². The van der Waals surface area contributed by atoms with Gasteiger partial charge in [-0.05, 0) is 37.5 Å². The number of aliphatic hydroxyl groups excluding tert-OH is 1. The minimum atomic E-state index is -0.486. The van der Waals surface area contributed by atoms with E-state index in [9.17, 15) is 9.90 Å². The fourth-order valence-corrected chi connectivity index (χ4v) is 2.63. The fraction of sp³-hybridized carbons (Fsp3) is 0.500. The molecule has 1 aromatic rings. The standard InChI is InChI=1S/C14H18BrNO2/c1-10(17)9-16(2)13(18)14(7-8-14)11-3-5-12(15)6-4-11/h3-6,10,17H,7-9H2,1-2H3. The van der Waals surface area contributed by atoms with Gasteiger partial charge in [0, 0.05) is 18.1 Å². The van der Waals surface area contributed by atoms with Crippen LogP contribution in [0.1, 0.15) is 25.3 Å². The van der Waals surface area contributed by atoms with Crippen LogP contribution in [0.4, 0.5) is 0 Å². The number of hydrogen-bond donors (Lipinski definition) is 1. The molecule has 1 amide bonds. The molecular weight excluding hydrogens is 294 g/mol. The Morgan fingerprint density at radius 1 is 1.44 bits per heavy atom. The molecule has 0 radical (unpaired) electrons. The van der Waals surface area contributed by atoms with Crippen molar-refractivity contribution in [2.45, 2.75) is 31.3 Å². The lowest BCUT2D eigenvalue weighted by Crippen LogP contribution is -2.40. The van der Waals surface area contributed by atoms with E-state index in [0.29, 0.717) is 6.54 Å². The van der Waals surface area contributed by atoms with Crippen molar-refractivity contribution in [2.75, 3.05) is 13.6 Å². The number of likely N-dealkylation sites (N-methyl/N-ethyl adjacent to an activating group) is 1. The maximum absolute atomic E-state index is 12.5. The second-order valence-corrected chi connectivity index (χ2v) is 6.04. The van der Waals surface area contributed by atoms with Crippen LogP contribution in [0.15, 0.2) is 28.7 Å². The Balaban J connectivity index is 2.16. The summed E-state index contributed by atoms with van der Waals surface area (Å²) < 4.78 is 1.02. The number of halogens is 1. The Hall–Kier alpha value is -0.870. The van der Waals surface area contributed by atoms with E-state index in [1.165, 1.54) is 0 Å². The van der Waals surface area contributed by atoms with Gasteiger partial charge in [-0.3, -0.25) is 4.79 Å². The molecular formula is C14H18BrNO2. The molecule has 0 aromatic heterocycles. The van der Waals surface area contributed by atoms with Crippen LogP contribution in [-0.4, -0.2) is 35.6 Å². The zero-order valence-corrected chi connectivity index (χ0v) is 12.3. The van der Waals surface area contributed by atoms with Crippen LogP contribution in [0.5, 0.6) is 0 Å². The number of rotatable bonds is 4. The third-order valence-corrected chi connectivity index (χ3v) is 3.97. The van der Waals surface area contributed by atoms with Crippen molar-refractivity contribution in [1.82, 2.24) is 4.90 Å². The van der Waals surface area contributed by atoms with E-state index in [2.05, 4.69) is 15.9 Å². The quantitative estimate of drug-likeness (QED) is 0.927. The summed E-state index contributed by atoms with van der Waals surface area (Å²) in [5.74, 6) is 0.116. The lowest BCUT2D eigenvalue weighted by atomic mass is 9.94. The Bertz CT molecular complexity index is 438.